The molecule has 0 spiro atoms. The number of fused-ring (bicyclic) bond motifs is 28. The molecule has 0 bridgehead atoms. The summed E-state index contributed by atoms with van der Waals surface area (Å²) >= 11 is 11.7. The van der Waals surface area contributed by atoms with Gasteiger partial charge in [0.15, 0.2) is 0 Å². The van der Waals surface area contributed by atoms with Crippen LogP contribution in [0.15, 0.2) is 328 Å². The highest BCUT2D eigenvalue weighted by Gasteiger charge is 2.28. The van der Waals surface area contributed by atoms with Crippen LogP contribution < -0.4 is 0 Å². The van der Waals surface area contributed by atoms with Crippen LogP contribution in [0.25, 0.3) is 283 Å². The molecule has 0 N–H and O–H groups in total. The van der Waals surface area contributed by atoms with Crippen molar-refractivity contribution < 1.29 is 0 Å². The molecule has 544 valence electrons. The summed E-state index contributed by atoms with van der Waals surface area (Å²) in [7, 11) is 0. The molecule has 0 fully saturated rings. The van der Waals surface area contributed by atoms with E-state index in [0.29, 0.717) is 0 Å². The van der Waals surface area contributed by atoms with Crippen LogP contribution in [0.3, 0.4) is 0 Å². The molecule has 0 nitrogen and oxygen atoms in total. The SMILES string of the molecule is Cc1cc2c(sc3cccc4c3c2c2cccc3sc5c6ccccc6c(C)cc5c4c32)c2ccccc12.c1ccc2c(c1)ccc1sc3ccc4c5cccc6ccc7sc8cccc9c8c(c7c65)c4c3c9c12.c1ccc2cc3c(ccc4c3sc3cccc5c3c4c3cccc4sc6c7cc8ccccc8cc7ccc6c5c43)cc2c1. The van der Waals surface area contributed by atoms with Gasteiger partial charge in [0.1, 0.15) is 0 Å². The number of hydrogen-bond donors (Lipinski definition) is 0. The minimum atomic E-state index is 1.29. The number of aryl methyl sites for hydroxylation is 2. The minimum absolute atomic E-state index is 1.29. The van der Waals surface area contributed by atoms with Gasteiger partial charge in [-0.1, -0.05) is 243 Å². The van der Waals surface area contributed by atoms with Crippen molar-refractivity contribution >= 4 is 351 Å². The highest BCUT2D eigenvalue weighted by atomic mass is 32.1. The van der Waals surface area contributed by atoms with Crippen LogP contribution in [-0.4, -0.2) is 0 Å². The summed E-state index contributed by atoms with van der Waals surface area (Å²) in [6, 6.07) is 123. The smallest absolute Gasteiger partial charge is 0.0433 e. The van der Waals surface area contributed by atoms with E-state index in [9.17, 15) is 0 Å². The molecule has 0 amide bonds. The first-order valence-corrected chi connectivity index (χ1v) is 45.5. The van der Waals surface area contributed by atoms with E-state index in [4.69, 9.17) is 0 Å². The lowest BCUT2D eigenvalue weighted by atomic mass is 9.84. The zero-order chi connectivity index (χ0) is 76.8. The lowest BCUT2D eigenvalue weighted by Crippen LogP contribution is -1.93. The Labute approximate surface area is 696 Å². The Kier molecular flexibility index (Phi) is 13.2. The lowest BCUT2D eigenvalue weighted by Gasteiger charge is -2.22. The average molecular weight is 1600 g/mol. The molecule has 0 radical (unpaired) electrons. The lowest BCUT2D eigenvalue weighted by molar-refractivity contribution is 1.56. The molecule has 0 saturated heterocycles. The topological polar surface area (TPSA) is 0 Å². The second-order valence-electron chi connectivity index (χ2n) is 32.6. The molecule has 30 rings (SSSR count). The van der Waals surface area contributed by atoms with Crippen LogP contribution in [-0.2, 0) is 0 Å². The van der Waals surface area contributed by atoms with E-state index in [1.165, 1.54) is 294 Å². The molecule has 6 aromatic heterocycles. The van der Waals surface area contributed by atoms with Gasteiger partial charge in [0.2, 0.25) is 0 Å². The standard InChI is InChI=1S/C42H22S2.C36H22S2.C34H16S2/c1-3-9-25-21-33-27(19-23(25)7-1)15-17-31-37-29-11-6-14-36-40(29)38(30-12-5-13-35(39(30)37)43-41(31)33)32-18-16-28-20-24-8-2-4-10-26(24)22-34(28)42(32)44-36;1-19-17-27-31-25-13-7-16-30-34(25)32(28-18-20(2)22-10-4-6-12-24(22)36(28)38-30)26-14-8-15-29(33(26)31)37-35(27)23-11-5-3-9-21(19)23;1-2-7-19-17(5-1)11-14-24-28(19)31-22-9-4-10-23-29(22)34-30-21(13-16-26(36-24)33(30)31)20-8-3-6-18-12-15-25(35-23)32(34)27(18)20/h1-22H;3-18H,1-2H3;1-16H. The monoisotopic (exact) mass is 1600 g/mol. The van der Waals surface area contributed by atoms with Crippen molar-refractivity contribution in [3.8, 4) is 0 Å². The van der Waals surface area contributed by atoms with Gasteiger partial charge in [0.25, 0.3) is 0 Å². The van der Waals surface area contributed by atoms with Gasteiger partial charge in [-0.2, -0.15) is 0 Å². The Balaban J connectivity index is 0.0000000927. The summed E-state index contributed by atoms with van der Waals surface area (Å²) in [6.07, 6.45) is 0. The van der Waals surface area contributed by atoms with Gasteiger partial charge < -0.3 is 0 Å². The first kappa shape index (κ1) is 65.2. The predicted octanol–water partition coefficient (Wildman–Crippen LogP) is 36.1. The maximum absolute atomic E-state index is 2.44. The molecular weight excluding hydrogens is 1540 g/mol. The predicted molar refractivity (Wildman–Crippen MR) is 531 cm³/mol. The highest BCUT2D eigenvalue weighted by molar-refractivity contribution is 7.28. The first-order valence-electron chi connectivity index (χ1n) is 40.6. The van der Waals surface area contributed by atoms with Crippen LogP contribution in [0.4, 0.5) is 0 Å². The van der Waals surface area contributed by atoms with E-state index in [-0.39, 0.29) is 0 Å². The van der Waals surface area contributed by atoms with Crippen molar-refractivity contribution in [3.05, 3.63) is 339 Å². The molecule has 0 aliphatic heterocycles. The van der Waals surface area contributed by atoms with Gasteiger partial charge in [-0.05, 0) is 223 Å². The summed E-state index contributed by atoms with van der Waals surface area (Å²) in [6.45, 7) is 4.52. The van der Waals surface area contributed by atoms with Crippen molar-refractivity contribution in [2.75, 3.05) is 0 Å². The second kappa shape index (κ2) is 23.9. The van der Waals surface area contributed by atoms with Crippen molar-refractivity contribution in [3.63, 3.8) is 0 Å². The Morgan fingerprint density at radius 2 is 0.415 bits per heavy atom. The van der Waals surface area contributed by atoms with Gasteiger partial charge in [0, 0.05) is 170 Å². The minimum Gasteiger partial charge on any atom is -0.135 e. The normalized spacial score (nSPS) is 12.7. The number of rotatable bonds is 0. The average Bonchev–Trinajstić information content (AvgIpc) is 0.670. The quantitative estimate of drug-likeness (QED) is 0.105. The second-order valence-corrected chi connectivity index (χ2v) is 39.0. The maximum atomic E-state index is 2.44. The summed E-state index contributed by atoms with van der Waals surface area (Å²) in [5.41, 5.74) is 2.68. The third kappa shape index (κ3) is 8.70. The third-order valence-corrected chi connectivity index (χ3v) is 33.6. The van der Waals surface area contributed by atoms with Crippen LogP contribution >= 0.6 is 68.0 Å². The van der Waals surface area contributed by atoms with E-state index < -0.39 is 0 Å². The van der Waals surface area contributed by atoms with Crippen molar-refractivity contribution in [2.45, 2.75) is 13.8 Å². The Bertz CT molecular complexity index is 9430. The van der Waals surface area contributed by atoms with E-state index in [2.05, 4.69) is 341 Å². The van der Waals surface area contributed by atoms with Crippen LogP contribution in [0.2, 0.25) is 0 Å². The van der Waals surface area contributed by atoms with Crippen molar-refractivity contribution in [1.29, 1.82) is 0 Å². The number of hydrogen-bond acceptors (Lipinski definition) is 6. The van der Waals surface area contributed by atoms with Gasteiger partial charge in [-0.15, -0.1) is 68.0 Å². The molecule has 0 saturated carbocycles. The molecule has 6 heteroatoms. The van der Waals surface area contributed by atoms with Gasteiger partial charge >= 0.3 is 0 Å². The molecule has 0 aliphatic rings. The van der Waals surface area contributed by atoms with E-state index in [0.717, 1.165) is 0 Å². The van der Waals surface area contributed by atoms with E-state index in [1.807, 2.05) is 68.0 Å². The Morgan fingerprint density at radius 3 is 0.907 bits per heavy atom. The van der Waals surface area contributed by atoms with E-state index >= 15 is 0 Å². The fourth-order valence-corrected chi connectivity index (χ4v) is 28.9. The van der Waals surface area contributed by atoms with Crippen LogP contribution in [0, 0.1) is 13.8 Å². The Hall–Kier alpha value is -13.0. The zero-order valence-corrected chi connectivity index (χ0v) is 68.5. The van der Waals surface area contributed by atoms with Crippen LogP contribution in [0.5, 0.6) is 0 Å². The summed E-state index contributed by atoms with van der Waals surface area (Å²) in [5, 5.41) is 57.6. The molecular formula is C112H60S6. The molecule has 0 aliphatic carbocycles. The van der Waals surface area contributed by atoms with Crippen molar-refractivity contribution in [2.24, 2.45) is 0 Å². The zero-order valence-electron chi connectivity index (χ0n) is 63.6. The Morgan fingerprint density at radius 1 is 0.127 bits per heavy atom. The van der Waals surface area contributed by atoms with Gasteiger partial charge in [-0.25, -0.2) is 0 Å². The van der Waals surface area contributed by atoms with Gasteiger partial charge in [0.05, 0.1) is 0 Å². The van der Waals surface area contributed by atoms with Gasteiger partial charge in [-0.3, -0.25) is 0 Å². The molecule has 0 unspecified atom stereocenters. The highest BCUT2D eigenvalue weighted by Crippen LogP contribution is 2.58. The van der Waals surface area contributed by atoms with Crippen molar-refractivity contribution in [1.82, 2.24) is 0 Å². The van der Waals surface area contributed by atoms with E-state index in [1.54, 1.807) is 0 Å². The van der Waals surface area contributed by atoms with Crippen LogP contribution in [0.1, 0.15) is 11.1 Å². The molecule has 118 heavy (non-hydrogen) atoms. The molecule has 24 aromatic carbocycles. The maximum Gasteiger partial charge on any atom is 0.0433 e. The summed E-state index contributed by atoms with van der Waals surface area (Å²) in [4.78, 5) is 0. The fourth-order valence-electron chi connectivity index (χ4n) is 21.7. The molecule has 0 atom stereocenters. The summed E-state index contributed by atoms with van der Waals surface area (Å²) in [5.74, 6) is 0. The largest absolute Gasteiger partial charge is 0.135 e. The summed E-state index contributed by atoms with van der Waals surface area (Å²) < 4.78 is 16.4. The fraction of sp³-hybridized carbons (Fsp3) is 0.0179. The molecule has 30 aromatic rings. The number of benzene rings is 24. The molecule has 6 heterocycles. The third-order valence-electron chi connectivity index (χ3n) is 26.5. The first-order chi connectivity index (χ1) is 58.3.